The number of nitrogens with zero attached hydrogens (tertiary/aromatic N) is 1. The van der Waals surface area contributed by atoms with E-state index in [4.69, 9.17) is 4.74 Å². The van der Waals surface area contributed by atoms with Crippen molar-refractivity contribution in [1.29, 1.82) is 0 Å². The second-order valence-electron chi connectivity index (χ2n) is 6.40. The Balaban J connectivity index is 1.75. The van der Waals surface area contributed by atoms with Crippen molar-refractivity contribution >= 4 is 11.9 Å². The zero-order chi connectivity index (χ0) is 17.4. The standard InChI is InChI=1S/C19H28N2O3/c1-3-24-19(23)17-10-7-13-21(14-17)18(22)11-12-20-15(2)16-8-5-4-6-9-16/h4-6,8-9,15,17,20H,3,7,10-14H2,1-2H3/p+1/t15-,17+/m1/s1. The van der Waals surface area contributed by atoms with Gasteiger partial charge in [-0.1, -0.05) is 30.3 Å². The number of esters is 1. The number of piperidine rings is 1. The number of hydrogen-bond donors (Lipinski definition) is 1. The summed E-state index contributed by atoms with van der Waals surface area (Å²) >= 11 is 0. The van der Waals surface area contributed by atoms with Crippen molar-refractivity contribution in [1.82, 2.24) is 4.90 Å². The Kier molecular flexibility index (Phi) is 7.25. The van der Waals surface area contributed by atoms with Crippen LogP contribution in [0.2, 0.25) is 0 Å². The van der Waals surface area contributed by atoms with Crippen LogP contribution in [0.1, 0.15) is 44.7 Å². The molecular weight excluding hydrogens is 304 g/mol. The van der Waals surface area contributed by atoms with Gasteiger partial charge in [0, 0.05) is 18.7 Å². The highest BCUT2D eigenvalue weighted by molar-refractivity contribution is 5.78. The monoisotopic (exact) mass is 333 g/mol. The number of benzene rings is 1. The smallest absolute Gasteiger partial charge is 0.310 e. The number of rotatable bonds is 7. The van der Waals surface area contributed by atoms with Crippen LogP contribution in [0.15, 0.2) is 30.3 Å². The molecule has 1 aliphatic rings. The van der Waals surface area contributed by atoms with Gasteiger partial charge in [0.2, 0.25) is 5.91 Å². The lowest BCUT2D eigenvalue weighted by Gasteiger charge is -2.31. The molecule has 5 heteroatoms. The van der Waals surface area contributed by atoms with E-state index in [0.29, 0.717) is 25.6 Å². The van der Waals surface area contributed by atoms with Crippen molar-refractivity contribution < 1.29 is 19.6 Å². The van der Waals surface area contributed by atoms with E-state index in [0.717, 1.165) is 25.9 Å². The molecule has 2 N–H and O–H groups in total. The molecule has 1 aliphatic heterocycles. The average molecular weight is 333 g/mol. The molecule has 1 amide bonds. The number of carbonyl (C=O) groups is 2. The molecule has 1 aromatic rings. The van der Waals surface area contributed by atoms with Crippen molar-refractivity contribution in [3.05, 3.63) is 35.9 Å². The summed E-state index contributed by atoms with van der Waals surface area (Å²) in [6.45, 7) is 6.38. The van der Waals surface area contributed by atoms with Crippen LogP contribution in [0, 0.1) is 5.92 Å². The topological polar surface area (TPSA) is 63.2 Å². The molecular formula is C19H29N2O3+. The summed E-state index contributed by atoms with van der Waals surface area (Å²) in [7, 11) is 0. The third-order valence-electron chi connectivity index (χ3n) is 4.60. The molecule has 5 nitrogen and oxygen atoms in total. The molecule has 1 heterocycles. The third kappa shape index (κ3) is 5.34. The van der Waals surface area contributed by atoms with Gasteiger partial charge in [-0.15, -0.1) is 0 Å². The summed E-state index contributed by atoms with van der Waals surface area (Å²) in [4.78, 5) is 26.1. The van der Waals surface area contributed by atoms with Crippen LogP contribution in [-0.2, 0) is 14.3 Å². The summed E-state index contributed by atoms with van der Waals surface area (Å²) in [5, 5.41) is 2.19. The number of carbonyl (C=O) groups excluding carboxylic acids is 2. The Labute approximate surface area is 144 Å². The predicted octanol–water partition coefficient (Wildman–Crippen LogP) is 1.50. The average Bonchev–Trinajstić information content (AvgIpc) is 2.62. The second kappa shape index (κ2) is 9.42. The Morgan fingerprint density at radius 2 is 2.08 bits per heavy atom. The van der Waals surface area contributed by atoms with E-state index in [-0.39, 0.29) is 17.8 Å². The van der Waals surface area contributed by atoms with E-state index in [1.54, 1.807) is 0 Å². The Hall–Kier alpha value is -1.88. The molecule has 1 aromatic carbocycles. The van der Waals surface area contributed by atoms with Crippen molar-refractivity contribution in [2.24, 2.45) is 5.92 Å². The van der Waals surface area contributed by atoms with Gasteiger partial charge in [-0.2, -0.15) is 0 Å². The number of hydrogen-bond acceptors (Lipinski definition) is 3. The van der Waals surface area contributed by atoms with Gasteiger partial charge in [0.1, 0.15) is 6.04 Å². The predicted molar refractivity (Wildman–Crippen MR) is 92.2 cm³/mol. The van der Waals surface area contributed by atoms with Crippen LogP contribution in [0.25, 0.3) is 0 Å². The van der Waals surface area contributed by atoms with E-state index in [2.05, 4.69) is 24.4 Å². The quantitative estimate of drug-likeness (QED) is 0.769. The highest BCUT2D eigenvalue weighted by atomic mass is 16.5. The first-order chi connectivity index (χ1) is 11.6. The van der Waals surface area contributed by atoms with Gasteiger partial charge in [0.15, 0.2) is 0 Å². The van der Waals surface area contributed by atoms with Crippen LogP contribution in [0.3, 0.4) is 0 Å². The minimum atomic E-state index is -0.167. The normalized spacial score (nSPS) is 18.9. The Morgan fingerprint density at radius 3 is 2.79 bits per heavy atom. The van der Waals surface area contributed by atoms with Crippen molar-refractivity contribution in [3.63, 3.8) is 0 Å². The molecule has 0 radical (unpaired) electrons. The lowest BCUT2D eigenvalue weighted by atomic mass is 9.98. The van der Waals surface area contributed by atoms with Gasteiger partial charge in [-0.25, -0.2) is 0 Å². The fraction of sp³-hybridized carbons (Fsp3) is 0.579. The summed E-state index contributed by atoms with van der Waals surface area (Å²) in [6.07, 6.45) is 2.20. The summed E-state index contributed by atoms with van der Waals surface area (Å²) < 4.78 is 5.09. The largest absolute Gasteiger partial charge is 0.466 e. The van der Waals surface area contributed by atoms with E-state index < -0.39 is 0 Å². The van der Waals surface area contributed by atoms with Gasteiger partial charge < -0.3 is 15.0 Å². The van der Waals surface area contributed by atoms with Crippen LogP contribution < -0.4 is 5.32 Å². The first kappa shape index (κ1) is 18.5. The number of nitrogens with two attached hydrogens (primary N) is 1. The van der Waals surface area contributed by atoms with Crippen molar-refractivity contribution in [2.45, 2.75) is 39.2 Å². The SMILES string of the molecule is CCOC(=O)[C@H]1CCCN(C(=O)CC[NH2+][C@H](C)c2ccccc2)C1. The fourth-order valence-electron chi connectivity index (χ4n) is 3.16. The van der Waals surface area contributed by atoms with Crippen LogP contribution in [0.4, 0.5) is 0 Å². The molecule has 0 saturated carbocycles. The number of ether oxygens (including phenoxy) is 1. The highest BCUT2D eigenvalue weighted by Gasteiger charge is 2.29. The third-order valence-corrected chi connectivity index (χ3v) is 4.60. The molecule has 0 bridgehead atoms. The summed E-state index contributed by atoms with van der Waals surface area (Å²) in [6, 6.07) is 10.6. The van der Waals surface area contributed by atoms with Gasteiger partial charge in [-0.3, -0.25) is 9.59 Å². The summed E-state index contributed by atoms with van der Waals surface area (Å²) in [5.74, 6) is -0.186. The molecule has 0 aromatic heterocycles. The lowest BCUT2D eigenvalue weighted by molar-refractivity contribution is -0.691. The minimum absolute atomic E-state index is 0.139. The zero-order valence-corrected chi connectivity index (χ0v) is 14.7. The maximum absolute atomic E-state index is 12.4. The van der Waals surface area contributed by atoms with Crippen LogP contribution in [0.5, 0.6) is 0 Å². The van der Waals surface area contributed by atoms with Gasteiger partial charge in [0.05, 0.1) is 25.5 Å². The first-order valence-electron chi connectivity index (χ1n) is 8.94. The van der Waals surface area contributed by atoms with Crippen LogP contribution >= 0.6 is 0 Å². The maximum atomic E-state index is 12.4. The molecule has 2 rings (SSSR count). The van der Waals surface area contributed by atoms with Gasteiger partial charge >= 0.3 is 5.97 Å². The van der Waals surface area contributed by atoms with Crippen molar-refractivity contribution in [2.75, 3.05) is 26.2 Å². The van der Waals surface area contributed by atoms with E-state index in [1.807, 2.05) is 30.0 Å². The van der Waals surface area contributed by atoms with Crippen LogP contribution in [-0.4, -0.2) is 43.0 Å². The zero-order valence-electron chi connectivity index (χ0n) is 14.7. The number of amides is 1. The number of likely N-dealkylation sites (tertiary alicyclic amines) is 1. The molecule has 1 fully saturated rings. The maximum Gasteiger partial charge on any atom is 0.310 e. The first-order valence-corrected chi connectivity index (χ1v) is 8.94. The molecule has 2 atom stereocenters. The molecule has 0 unspecified atom stereocenters. The van der Waals surface area contributed by atoms with Crippen molar-refractivity contribution in [3.8, 4) is 0 Å². The highest BCUT2D eigenvalue weighted by Crippen LogP contribution is 2.18. The molecule has 0 spiro atoms. The molecule has 0 aliphatic carbocycles. The second-order valence-corrected chi connectivity index (χ2v) is 6.40. The summed E-state index contributed by atoms with van der Waals surface area (Å²) in [5.41, 5.74) is 1.27. The molecule has 1 saturated heterocycles. The van der Waals surface area contributed by atoms with Gasteiger partial charge in [0.25, 0.3) is 0 Å². The Morgan fingerprint density at radius 1 is 1.33 bits per heavy atom. The molecule has 132 valence electrons. The fourth-order valence-corrected chi connectivity index (χ4v) is 3.16. The Bertz CT molecular complexity index is 533. The minimum Gasteiger partial charge on any atom is -0.466 e. The molecule has 24 heavy (non-hydrogen) atoms. The van der Waals surface area contributed by atoms with E-state index in [9.17, 15) is 9.59 Å². The number of quaternary nitrogens is 1. The van der Waals surface area contributed by atoms with E-state index >= 15 is 0 Å². The van der Waals surface area contributed by atoms with E-state index in [1.165, 1.54) is 5.56 Å². The lowest BCUT2D eigenvalue weighted by Crippen LogP contribution is -2.85. The van der Waals surface area contributed by atoms with Gasteiger partial charge in [-0.05, 0) is 26.7 Å².